The Morgan fingerprint density at radius 3 is 2.89 bits per heavy atom. The normalized spacial score (nSPS) is 11.4. The summed E-state index contributed by atoms with van der Waals surface area (Å²) < 4.78 is 27.2. The molecule has 10 heteroatoms. The third-order valence-electron chi connectivity index (χ3n) is 2.16. The van der Waals surface area contributed by atoms with Crippen LogP contribution in [0.25, 0.3) is 0 Å². The predicted octanol–water partition coefficient (Wildman–Crippen LogP) is -0.200. The van der Waals surface area contributed by atoms with Crippen molar-refractivity contribution < 1.29 is 18.3 Å². The summed E-state index contributed by atoms with van der Waals surface area (Å²) >= 11 is 0. The van der Waals surface area contributed by atoms with Gasteiger partial charge in [-0.2, -0.15) is 10.2 Å². The molecule has 0 spiro atoms. The van der Waals surface area contributed by atoms with Crippen LogP contribution in [0.1, 0.15) is 5.69 Å². The number of carbonyl (C=O) groups is 1. The van der Waals surface area contributed by atoms with Crippen LogP contribution in [-0.2, 0) is 21.4 Å². The van der Waals surface area contributed by atoms with Crippen molar-refractivity contribution in [3.8, 4) is 0 Å². The lowest BCUT2D eigenvalue weighted by atomic mass is 10.5. The molecule has 9 nitrogen and oxygen atoms in total. The number of sulfonamides is 1. The number of rotatable bonds is 5. The van der Waals surface area contributed by atoms with Gasteiger partial charge in [0.15, 0.2) is 5.82 Å². The maximum atomic E-state index is 11.9. The molecule has 0 saturated carbocycles. The van der Waals surface area contributed by atoms with Gasteiger partial charge in [-0.05, 0) is 6.92 Å². The van der Waals surface area contributed by atoms with Crippen molar-refractivity contribution in [2.75, 3.05) is 4.72 Å². The first kappa shape index (κ1) is 13.1. The minimum absolute atomic E-state index is 0.130. The van der Waals surface area contributed by atoms with E-state index in [0.29, 0.717) is 5.69 Å². The molecule has 2 aromatic rings. The highest BCUT2D eigenvalue weighted by molar-refractivity contribution is 7.92. The number of aromatic nitrogens is 4. The Bertz CT molecular complexity index is 702. The molecule has 0 aliphatic rings. The number of nitrogens with one attached hydrogen (secondary N) is 2. The van der Waals surface area contributed by atoms with Crippen LogP contribution in [0.2, 0.25) is 0 Å². The Morgan fingerprint density at radius 2 is 2.32 bits per heavy atom. The highest BCUT2D eigenvalue weighted by atomic mass is 32.2. The zero-order valence-corrected chi connectivity index (χ0v) is 10.7. The molecular weight excluding hydrogens is 274 g/mol. The number of anilines is 1. The van der Waals surface area contributed by atoms with Crippen molar-refractivity contribution in [2.45, 2.75) is 18.4 Å². The summed E-state index contributed by atoms with van der Waals surface area (Å²) in [7, 11) is -3.82. The van der Waals surface area contributed by atoms with Crippen LogP contribution in [-0.4, -0.2) is 39.5 Å². The average molecular weight is 285 g/mol. The number of hydrogen-bond donors (Lipinski definition) is 3. The van der Waals surface area contributed by atoms with E-state index in [-0.39, 0.29) is 10.7 Å². The van der Waals surface area contributed by atoms with Crippen LogP contribution in [0.5, 0.6) is 0 Å². The fourth-order valence-corrected chi connectivity index (χ4v) is 2.32. The molecular formula is C9H11N5O4S. The molecule has 0 radical (unpaired) electrons. The minimum atomic E-state index is -3.82. The Labute approximate surface area is 108 Å². The van der Waals surface area contributed by atoms with E-state index >= 15 is 0 Å². The SMILES string of the molecule is Cc1cc(NS(=O)(=O)c2cnn(CC(=O)O)c2)n[nH]1. The van der Waals surface area contributed by atoms with Crippen LogP contribution < -0.4 is 4.72 Å². The molecule has 0 fully saturated rings. The van der Waals surface area contributed by atoms with Crippen molar-refractivity contribution in [1.29, 1.82) is 0 Å². The summed E-state index contributed by atoms with van der Waals surface area (Å²) in [6.45, 7) is 1.33. The zero-order valence-electron chi connectivity index (χ0n) is 9.86. The fraction of sp³-hybridized carbons (Fsp3) is 0.222. The van der Waals surface area contributed by atoms with Crippen LogP contribution >= 0.6 is 0 Å². The van der Waals surface area contributed by atoms with Gasteiger partial charge in [0.05, 0.1) is 6.20 Å². The molecule has 0 amide bonds. The molecule has 0 bridgehead atoms. The van der Waals surface area contributed by atoms with E-state index in [1.807, 2.05) is 0 Å². The van der Waals surface area contributed by atoms with Gasteiger partial charge in [-0.15, -0.1) is 0 Å². The monoisotopic (exact) mass is 285 g/mol. The lowest BCUT2D eigenvalue weighted by Crippen LogP contribution is -2.13. The standard InChI is InChI=1S/C9H11N5O4S/c1-6-2-8(12-11-6)13-19(17,18)7-3-10-14(4-7)5-9(15)16/h2-4H,5H2,1H3,(H,15,16)(H2,11,12,13). The van der Waals surface area contributed by atoms with Gasteiger partial charge in [0, 0.05) is 18.0 Å². The molecule has 2 rings (SSSR count). The first-order valence-electron chi connectivity index (χ1n) is 5.16. The van der Waals surface area contributed by atoms with E-state index in [4.69, 9.17) is 5.11 Å². The second-order valence-corrected chi connectivity index (χ2v) is 5.49. The molecule has 0 aliphatic heterocycles. The number of carboxylic acids is 1. The van der Waals surface area contributed by atoms with Gasteiger partial charge >= 0.3 is 5.97 Å². The summed E-state index contributed by atoms with van der Waals surface area (Å²) in [5.41, 5.74) is 0.708. The van der Waals surface area contributed by atoms with Gasteiger partial charge in [-0.1, -0.05) is 0 Å². The van der Waals surface area contributed by atoms with Crippen molar-refractivity contribution in [2.24, 2.45) is 0 Å². The largest absolute Gasteiger partial charge is 0.480 e. The van der Waals surface area contributed by atoms with Gasteiger partial charge < -0.3 is 5.11 Å². The molecule has 0 aromatic carbocycles. The van der Waals surface area contributed by atoms with E-state index in [1.165, 1.54) is 6.07 Å². The van der Waals surface area contributed by atoms with Gasteiger partial charge in [0.25, 0.3) is 10.0 Å². The van der Waals surface area contributed by atoms with E-state index in [2.05, 4.69) is 20.0 Å². The van der Waals surface area contributed by atoms with Gasteiger partial charge in [-0.3, -0.25) is 19.3 Å². The average Bonchev–Trinajstić information content (AvgIpc) is 2.87. The third kappa shape index (κ3) is 3.10. The Morgan fingerprint density at radius 1 is 1.58 bits per heavy atom. The summed E-state index contributed by atoms with van der Waals surface area (Å²) in [5, 5.41) is 18.6. The van der Waals surface area contributed by atoms with Crippen LogP contribution in [0, 0.1) is 6.92 Å². The van der Waals surface area contributed by atoms with Gasteiger partial charge in [-0.25, -0.2) is 8.42 Å². The Hall–Kier alpha value is -2.36. The number of aromatic amines is 1. The molecule has 2 heterocycles. The zero-order chi connectivity index (χ0) is 14.0. The number of H-pyrrole nitrogens is 1. The second-order valence-electron chi connectivity index (χ2n) is 3.81. The summed E-state index contributed by atoms with van der Waals surface area (Å²) in [6.07, 6.45) is 2.21. The Kier molecular flexibility index (Phi) is 3.25. The van der Waals surface area contributed by atoms with Gasteiger partial charge in [0.1, 0.15) is 11.4 Å². The maximum Gasteiger partial charge on any atom is 0.325 e. The van der Waals surface area contributed by atoms with Crippen molar-refractivity contribution in [3.63, 3.8) is 0 Å². The molecule has 3 N–H and O–H groups in total. The summed E-state index contributed by atoms with van der Waals surface area (Å²) in [4.78, 5) is 10.4. The lowest BCUT2D eigenvalue weighted by molar-refractivity contribution is -0.137. The first-order chi connectivity index (χ1) is 8.87. The lowest BCUT2D eigenvalue weighted by Gasteiger charge is -2.01. The van der Waals surface area contributed by atoms with Crippen molar-refractivity contribution in [3.05, 3.63) is 24.2 Å². The van der Waals surface area contributed by atoms with E-state index in [0.717, 1.165) is 17.1 Å². The quantitative estimate of drug-likeness (QED) is 0.697. The van der Waals surface area contributed by atoms with Crippen molar-refractivity contribution in [1.82, 2.24) is 20.0 Å². The number of aryl methyl sites for hydroxylation is 1. The molecule has 0 atom stereocenters. The summed E-state index contributed by atoms with van der Waals surface area (Å²) in [5.74, 6) is -0.952. The molecule has 0 unspecified atom stereocenters. The number of aliphatic carboxylic acids is 1. The van der Waals surface area contributed by atoms with E-state index in [1.54, 1.807) is 6.92 Å². The van der Waals surface area contributed by atoms with Crippen LogP contribution in [0.15, 0.2) is 23.4 Å². The topological polar surface area (TPSA) is 130 Å². The van der Waals surface area contributed by atoms with E-state index in [9.17, 15) is 13.2 Å². The maximum absolute atomic E-state index is 11.9. The minimum Gasteiger partial charge on any atom is -0.480 e. The number of hydrogen-bond acceptors (Lipinski definition) is 5. The predicted molar refractivity (Wildman–Crippen MR) is 64.0 cm³/mol. The molecule has 19 heavy (non-hydrogen) atoms. The highest BCUT2D eigenvalue weighted by Crippen LogP contribution is 2.13. The number of nitrogens with zero attached hydrogens (tertiary/aromatic N) is 3. The number of carboxylic acid groups (broad SMARTS) is 1. The summed E-state index contributed by atoms with van der Waals surface area (Å²) in [6, 6.07) is 1.53. The third-order valence-corrected chi connectivity index (χ3v) is 3.47. The molecule has 2 aromatic heterocycles. The van der Waals surface area contributed by atoms with E-state index < -0.39 is 22.5 Å². The van der Waals surface area contributed by atoms with Gasteiger partial charge in [0.2, 0.25) is 0 Å². The second kappa shape index (κ2) is 4.72. The van der Waals surface area contributed by atoms with Crippen LogP contribution in [0.3, 0.4) is 0 Å². The molecule has 0 aliphatic carbocycles. The first-order valence-corrected chi connectivity index (χ1v) is 6.64. The van der Waals surface area contributed by atoms with Crippen molar-refractivity contribution >= 4 is 21.8 Å². The molecule has 0 saturated heterocycles. The fourth-order valence-electron chi connectivity index (χ4n) is 1.38. The smallest absolute Gasteiger partial charge is 0.325 e. The highest BCUT2D eigenvalue weighted by Gasteiger charge is 2.18. The Balaban J connectivity index is 2.19. The van der Waals surface area contributed by atoms with Crippen LogP contribution in [0.4, 0.5) is 5.82 Å². The molecule has 102 valence electrons.